The van der Waals surface area contributed by atoms with Crippen LogP contribution in [0, 0.1) is 0 Å². The average Bonchev–Trinajstić information content (AvgIpc) is 2.65. The summed E-state index contributed by atoms with van der Waals surface area (Å²) in [5.74, 6) is -0.405. The molecular weight excluding hydrogens is 399 g/mol. The van der Waals surface area contributed by atoms with E-state index in [4.69, 9.17) is 8.85 Å². The molecule has 1 saturated heterocycles. The van der Waals surface area contributed by atoms with Crippen LogP contribution in [0.2, 0.25) is 0 Å². The monoisotopic (exact) mass is 425 g/mol. The summed E-state index contributed by atoms with van der Waals surface area (Å²) in [5, 5.41) is 6.44. The molecule has 9 heteroatoms. The molecule has 0 amide bonds. The Balaban J connectivity index is 1.89. The molecule has 1 aliphatic rings. The third-order valence-corrected chi connectivity index (χ3v) is 5.90. The van der Waals surface area contributed by atoms with Crippen LogP contribution >= 0.6 is 10.2 Å². The van der Waals surface area contributed by atoms with Crippen LogP contribution in [0.5, 0.6) is 5.75 Å². The summed E-state index contributed by atoms with van der Waals surface area (Å²) in [6, 6.07) is 10.1. The average molecular weight is 425 g/mol. The summed E-state index contributed by atoms with van der Waals surface area (Å²) in [4.78, 5) is -2.09. The Bertz CT molecular complexity index is 926. The Kier molecular flexibility index (Phi) is 4.20. The third kappa shape index (κ3) is 4.95. The van der Waals surface area contributed by atoms with Crippen LogP contribution in [-0.2, 0) is 6.54 Å². The first kappa shape index (κ1) is 17.1. The first-order valence-corrected chi connectivity index (χ1v) is 10.7. The van der Waals surface area contributed by atoms with Crippen LogP contribution in [0.15, 0.2) is 53.4 Å². The van der Waals surface area contributed by atoms with Gasteiger partial charge in [0.25, 0.3) is 0 Å². The fourth-order valence-corrected chi connectivity index (χ4v) is 4.08. The molecule has 0 spiro atoms. The molecule has 0 aromatic heterocycles. The highest BCUT2D eigenvalue weighted by Gasteiger charge is 2.65. The molecule has 156 valence electrons. The lowest BCUT2D eigenvalue weighted by atomic mass is 9.92. The van der Waals surface area contributed by atoms with Crippen molar-refractivity contribution in [2.24, 2.45) is 0 Å². The number of halogens is 5. The molecule has 1 aliphatic heterocycles. The molecule has 28 heavy (non-hydrogen) atoms. The SMILES string of the molecule is [2H]C([2H])([2H])Oc1ccc(S(F)(F)(F)(F)F)cc1CNC1CCCNC1c1ccccc1. The van der Waals surface area contributed by atoms with Crippen molar-refractivity contribution >= 4 is 10.2 Å². The zero-order chi connectivity index (χ0) is 23.0. The Hall–Kier alpha value is -1.84. The van der Waals surface area contributed by atoms with Gasteiger partial charge in [0, 0.05) is 24.2 Å². The van der Waals surface area contributed by atoms with E-state index in [-0.39, 0.29) is 36.3 Å². The molecule has 0 saturated carbocycles. The minimum atomic E-state index is -9.94. The molecule has 0 radical (unpaired) electrons. The molecule has 2 atom stereocenters. The van der Waals surface area contributed by atoms with Gasteiger partial charge in [-0.05, 0) is 43.1 Å². The second kappa shape index (κ2) is 6.89. The van der Waals surface area contributed by atoms with Gasteiger partial charge in [0.15, 0.2) is 0 Å². The maximum atomic E-state index is 13.3. The van der Waals surface area contributed by atoms with Gasteiger partial charge in [-0.3, -0.25) is 0 Å². The van der Waals surface area contributed by atoms with Crippen LogP contribution in [-0.4, -0.2) is 19.6 Å². The Morgan fingerprint density at radius 2 is 1.89 bits per heavy atom. The maximum Gasteiger partial charge on any atom is 0.310 e. The smallest absolute Gasteiger partial charge is 0.310 e. The molecule has 2 unspecified atom stereocenters. The predicted octanol–water partition coefficient (Wildman–Crippen LogP) is 5.94. The molecule has 1 fully saturated rings. The fourth-order valence-electron chi connectivity index (χ4n) is 3.39. The molecule has 2 aromatic rings. The van der Waals surface area contributed by atoms with E-state index < -0.39 is 27.9 Å². The van der Waals surface area contributed by atoms with E-state index in [0.29, 0.717) is 12.5 Å². The molecule has 2 N–H and O–H groups in total. The number of hydrogen-bond donors (Lipinski definition) is 2. The number of ether oxygens (including phenoxy) is 1. The normalized spacial score (nSPS) is 25.0. The van der Waals surface area contributed by atoms with Crippen molar-refractivity contribution < 1.29 is 28.3 Å². The first-order chi connectivity index (χ1) is 14.1. The molecule has 0 aliphatic carbocycles. The molecular formula is C19H23F5N2OS. The summed E-state index contributed by atoms with van der Waals surface area (Å²) in [6.07, 6.45) is 1.51. The van der Waals surface area contributed by atoms with E-state index in [0.717, 1.165) is 18.5 Å². The van der Waals surface area contributed by atoms with E-state index >= 15 is 0 Å². The summed E-state index contributed by atoms with van der Waals surface area (Å²) >= 11 is 0. The standard InChI is InChI=1S/C19H23F5N2OS/c1-27-18-10-9-16(28(20,21,22,23)24)12-15(18)13-26-17-8-5-11-25-19(17)14-6-3-2-4-7-14/h2-4,6-7,9-10,12,17,19,25-26H,5,8,11,13H2,1H3/i1D3. The lowest BCUT2D eigenvalue weighted by molar-refractivity contribution is 0.302. The Morgan fingerprint density at radius 1 is 1.14 bits per heavy atom. The van der Waals surface area contributed by atoms with Gasteiger partial charge < -0.3 is 15.4 Å². The van der Waals surface area contributed by atoms with Gasteiger partial charge in [0.2, 0.25) is 0 Å². The van der Waals surface area contributed by atoms with E-state index in [1.165, 1.54) is 0 Å². The van der Waals surface area contributed by atoms with Crippen molar-refractivity contribution in [3.63, 3.8) is 0 Å². The summed E-state index contributed by atoms with van der Waals surface area (Å²) in [6.45, 7) is 0.480. The topological polar surface area (TPSA) is 33.3 Å². The summed E-state index contributed by atoms with van der Waals surface area (Å²) < 4.78 is 92.9. The third-order valence-electron chi connectivity index (χ3n) is 4.76. The van der Waals surface area contributed by atoms with Gasteiger partial charge in [0.1, 0.15) is 10.6 Å². The fraction of sp³-hybridized carbons (Fsp3) is 0.368. The number of nitrogens with one attached hydrogen (secondary N) is 2. The molecule has 0 bridgehead atoms. The number of rotatable bonds is 6. The number of benzene rings is 2. The van der Waals surface area contributed by atoms with Crippen molar-refractivity contribution in [3.8, 4) is 5.75 Å². The maximum absolute atomic E-state index is 13.3. The highest BCUT2D eigenvalue weighted by atomic mass is 32.5. The van der Waals surface area contributed by atoms with Crippen molar-refractivity contribution in [3.05, 3.63) is 59.7 Å². The predicted molar refractivity (Wildman–Crippen MR) is 101 cm³/mol. The molecule has 1 heterocycles. The van der Waals surface area contributed by atoms with E-state index in [9.17, 15) is 19.4 Å². The Morgan fingerprint density at radius 3 is 2.57 bits per heavy atom. The van der Waals surface area contributed by atoms with Crippen LogP contribution in [0.4, 0.5) is 19.4 Å². The zero-order valence-corrected chi connectivity index (χ0v) is 15.6. The lowest BCUT2D eigenvalue weighted by Gasteiger charge is -2.41. The zero-order valence-electron chi connectivity index (χ0n) is 17.8. The van der Waals surface area contributed by atoms with Crippen molar-refractivity contribution in [1.82, 2.24) is 10.6 Å². The largest absolute Gasteiger partial charge is 0.496 e. The number of piperidine rings is 1. The van der Waals surface area contributed by atoms with Gasteiger partial charge in [-0.1, -0.05) is 49.8 Å². The Labute approximate surface area is 165 Å². The van der Waals surface area contributed by atoms with Gasteiger partial charge in [-0.15, -0.1) is 0 Å². The second-order valence-electron chi connectivity index (χ2n) is 6.81. The van der Waals surface area contributed by atoms with Crippen molar-refractivity contribution in [2.45, 2.75) is 36.4 Å². The summed E-state index contributed by atoms with van der Waals surface area (Å²) in [7, 11) is -12.9. The highest BCUT2D eigenvalue weighted by molar-refractivity contribution is 8.45. The molecule has 2 aromatic carbocycles. The highest BCUT2D eigenvalue weighted by Crippen LogP contribution is 3.02. The van der Waals surface area contributed by atoms with E-state index in [2.05, 4.69) is 10.6 Å². The van der Waals surface area contributed by atoms with Crippen LogP contribution in [0.3, 0.4) is 0 Å². The number of methoxy groups -OCH3 is 1. The molecule has 3 rings (SSSR count). The first-order valence-electron chi connectivity index (χ1n) is 10.2. The van der Waals surface area contributed by atoms with Crippen LogP contribution in [0.1, 0.15) is 34.1 Å². The second-order valence-corrected chi connectivity index (χ2v) is 9.22. The van der Waals surface area contributed by atoms with Crippen molar-refractivity contribution in [1.29, 1.82) is 0 Å². The van der Waals surface area contributed by atoms with E-state index in [1.54, 1.807) is 0 Å². The number of hydrogen-bond acceptors (Lipinski definition) is 3. The van der Waals surface area contributed by atoms with Gasteiger partial charge in [-0.2, -0.15) is 0 Å². The van der Waals surface area contributed by atoms with Gasteiger partial charge >= 0.3 is 10.2 Å². The van der Waals surface area contributed by atoms with Crippen LogP contribution in [0.25, 0.3) is 0 Å². The van der Waals surface area contributed by atoms with Gasteiger partial charge in [0.05, 0.1) is 11.2 Å². The van der Waals surface area contributed by atoms with Crippen molar-refractivity contribution in [2.75, 3.05) is 13.6 Å². The van der Waals surface area contributed by atoms with Crippen LogP contribution < -0.4 is 15.4 Å². The quantitative estimate of drug-likeness (QED) is 0.563. The van der Waals surface area contributed by atoms with Gasteiger partial charge in [-0.25, -0.2) is 0 Å². The molecule has 3 nitrogen and oxygen atoms in total. The minimum Gasteiger partial charge on any atom is -0.496 e. The summed E-state index contributed by atoms with van der Waals surface area (Å²) in [5.41, 5.74) is 0.665. The van der Waals surface area contributed by atoms with E-state index in [1.807, 2.05) is 30.3 Å². The lowest BCUT2D eigenvalue weighted by Crippen LogP contribution is -2.45. The minimum absolute atomic E-state index is 0.138.